The Morgan fingerprint density at radius 3 is 2.85 bits per heavy atom. The van der Waals surface area contributed by atoms with Crippen molar-refractivity contribution in [3.05, 3.63) is 11.6 Å². The van der Waals surface area contributed by atoms with Crippen molar-refractivity contribution in [3.63, 3.8) is 0 Å². The maximum atomic E-state index is 5.99. The molecule has 1 heterocycles. The number of ether oxygens (including phenoxy) is 1. The summed E-state index contributed by atoms with van der Waals surface area (Å²) in [5.41, 5.74) is 1.81. The summed E-state index contributed by atoms with van der Waals surface area (Å²) in [7, 11) is 0. The van der Waals surface area contributed by atoms with E-state index in [0.29, 0.717) is 0 Å². The average Bonchev–Trinajstić information content (AvgIpc) is 2.32. The highest BCUT2D eigenvalue weighted by Crippen LogP contribution is 2.36. The van der Waals surface area contributed by atoms with Gasteiger partial charge in [0, 0.05) is 6.61 Å². The van der Waals surface area contributed by atoms with E-state index in [1.165, 1.54) is 44.9 Å². The fraction of sp³-hybridized carbons (Fsp3) is 0.833. The molecule has 0 bridgehead atoms. The zero-order valence-corrected chi connectivity index (χ0v) is 8.64. The van der Waals surface area contributed by atoms with Crippen LogP contribution in [-0.4, -0.2) is 12.2 Å². The molecule has 0 aromatic heterocycles. The first-order valence-electron chi connectivity index (χ1n) is 5.60. The number of allylic oxidation sites excluding steroid dienone is 1. The summed E-state index contributed by atoms with van der Waals surface area (Å²) in [4.78, 5) is 0. The molecule has 0 N–H and O–H groups in total. The summed E-state index contributed by atoms with van der Waals surface area (Å²) in [6.07, 6.45) is 11.4. The van der Waals surface area contributed by atoms with Crippen LogP contribution in [0, 0.1) is 0 Å². The molecule has 74 valence electrons. The van der Waals surface area contributed by atoms with Crippen molar-refractivity contribution in [2.24, 2.45) is 0 Å². The molecule has 1 atom stereocenters. The minimum Gasteiger partial charge on any atom is -0.375 e. The summed E-state index contributed by atoms with van der Waals surface area (Å²) in [5.74, 6) is 0. The molecule has 2 aliphatic rings. The molecule has 1 saturated heterocycles. The molecule has 1 aliphatic carbocycles. The molecule has 0 aromatic carbocycles. The van der Waals surface area contributed by atoms with Gasteiger partial charge in [0.1, 0.15) is 0 Å². The van der Waals surface area contributed by atoms with Gasteiger partial charge in [-0.2, -0.15) is 0 Å². The fourth-order valence-electron chi connectivity index (χ4n) is 2.52. The number of hydrogen-bond donors (Lipinski definition) is 0. The van der Waals surface area contributed by atoms with E-state index in [1.807, 2.05) is 0 Å². The summed E-state index contributed by atoms with van der Waals surface area (Å²) in [5, 5.41) is 0. The van der Waals surface area contributed by atoms with Crippen LogP contribution in [0.25, 0.3) is 0 Å². The first-order chi connectivity index (χ1) is 6.31. The maximum Gasteiger partial charge on any atom is 0.0717 e. The van der Waals surface area contributed by atoms with Crippen LogP contribution in [0.1, 0.15) is 51.9 Å². The molecule has 1 fully saturated rings. The largest absolute Gasteiger partial charge is 0.375 e. The second-order valence-electron chi connectivity index (χ2n) is 4.60. The Morgan fingerprint density at radius 1 is 1.23 bits per heavy atom. The minimum absolute atomic E-state index is 0.246. The Kier molecular flexibility index (Phi) is 2.73. The zero-order valence-electron chi connectivity index (χ0n) is 8.64. The van der Waals surface area contributed by atoms with Crippen LogP contribution in [0.15, 0.2) is 11.6 Å². The lowest BCUT2D eigenvalue weighted by Crippen LogP contribution is -2.35. The Balaban J connectivity index is 2.04. The lowest BCUT2D eigenvalue weighted by Gasteiger charge is -2.36. The molecular weight excluding hydrogens is 160 g/mol. The predicted molar refractivity (Wildman–Crippen MR) is 54.8 cm³/mol. The van der Waals surface area contributed by atoms with Gasteiger partial charge in [-0.15, -0.1) is 0 Å². The molecule has 1 nitrogen and oxygen atoms in total. The SMILES string of the molecule is CC1=CCC2(CCCCO2)CCC1. The van der Waals surface area contributed by atoms with Crippen molar-refractivity contribution in [2.75, 3.05) is 6.61 Å². The van der Waals surface area contributed by atoms with Gasteiger partial charge in [-0.3, -0.25) is 0 Å². The first kappa shape index (κ1) is 9.26. The molecular formula is C12H20O. The molecule has 1 unspecified atom stereocenters. The van der Waals surface area contributed by atoms with E-state index in [0.717, 1.165) is 6.61 Å². The topological polar surface area (TPSA) is 9.23 Å². The fourth-order valence-corrected chi connectivity index (χ4v) is 2.52. The number of hydrogen-bond acceptors (Lipinski definition) is 1. The standard InChI is InChI=1S/C12H20O/c1-11-5-4-8-12(9-6-11)7-2-3-10-13-12/h6H,2-5,7-10H2,1H3. The normalized spacial score (nSPS) is 35.6. The van der Waals surface area contributed by atoms with Gasteiger partial charge in [0.05, 0.1) is 5.60 Å². The van der Waals surface area contributed by atoms with E-state index < -0.39 is 0 Å². The molecule has 1 aliphatic heterocycles. The summed E-state index contributed by atoms with van der Waals surface area (Å²) < 4.78 is 5.99. The van der Waals surface area contributed by atoms with E-state index in [4.69, 9.17) is 4.74 Å². The smallest absolute Gasteiger partial charge is 0.0717 e. The summed E-state index contributed by atoms with van der Waals surface area (Å²) in [6.45, 7) is 3.24. The highest BCUT2D eigenvalue weighted by Gasteiger charge is 2.32. The quantitative estimate of drug-likeness (QED) is 0.519. The van der Waals surface area contributed by atoms with Gasteiger partial charge >= 0.3 is 0 Å². The van der Waals surface area contributed by atoms with Gasteiger partial charge in [-0.1, -0.05) is 11.6 Å². The highest BCUT2D eigenvalue weighted by molar-refractivity contribution is 5.05. The van der Waals surface area contributed by atoms with Crippen LogP contribution in [-0.2, 0) is 4.74 Å². The van der Waals surface area contributed by atoms with Crippen LogP contribution < -0.4 is 0 Å². The van der Waals surface area contributed by atoms with Crippen LogP contribution >= 0.6 is 0 Å². The van der Waals surface area contributed by atoms with E-state index in [9.17, 15) is 0 Å². The third-order valence-electron chi connectivity index (χ3n) is 3.46. The first-order valence-corrected chi connectivity index (χ1v) is 5.60. The van der Waals surface area contributed by atoms with E-state index in [2.05, 4.69) is 13.0 Å². The lowest BCUT2D eigenvalue weighted by atomic mass is 9.87. The van der Waals surface area contributed by atoms with E-state index >= 15 is 0 Å². The third-order valence-corrected chi connectivity index (χ3v) is 3.46. The molecule has 0 aromatic rings. The molecule has 0 saturated carbocycles. The van der Waals surface area contributed by atoms with E-state index in [1.54, 1.807) is 5.57 Å². The van der Waals surface area contributed by atoms with Gasteiger partial charge in [-0.25, -0.2) is 0 Å². The van der Waals surface area contributed by atoms with Gasteiger partial charge in [0.15, 0.2) is 0 Å². The predicted octanol–water partition coefficient (Wildman–Crippen LogP) is 3.45. The van der Waals surface area contributed by atoms with Crippen LogP contribution in [0.5, 0.6) is 0 Å². The van der Waals surface area contributed by atoms with Crippen LogP contribution in [0.3, 0.4) is 0 Å². The Morgan fingerprint density at radius 2 is 2.08 bits per heavy atom. The van der Waals surface area contributed by atoms with Crippen molar-refractivity contribution < 1.29 is 4.74 Å². The van der Waals surface area contributed by atoms with Gasteiger partial charge in [0.25, 0.3) is 0 Å². The van der Waals surface area contributed by atoms with Crippen molar-refractivity contribution >= 4 is 0 Å². The van der Waals surface area contributed by atoms with Crippen molar-refractivity contribution in [1.29, 1.82) is 0 Å². The Bertz CT molecular complexity index is 199. The molecule has 0 amide bonds. The highest BCUT2D eigenvalue weighted by atomic mass is 16.5. The minimum atomic E-state index is 0.246. The van der Waals surface area contributed by atoms with Crippen molar-refractivity contribution in [1.82, 2.24) is 0 Å². The lowest BCUT2D eigenvalue weighted by molar-refractivity contribution is -0.0811. The average molecular weight is 180 g/mol. The molecule has 1 heteroatoms. The summed E-state index contributed by atoms with van der Waals surface area (Å²) in [6, 6.07) is 0. The van der Waals surface area contributed by atoms with Crippen LogP contribution in [0.4, 0.5) is 0 Å². The van der Waals surface area contributed by atoms with Gasteiger partial charge in [0.2, 0.25) is 0 Å². The molecule has 13 heavy (non-hydrogen) atoms. The van der Waals surface area contributed by atoms with Gasteiger partial charge in [-0.05, 0) is 51.9 Å². The third kappa shape index (κ3) is 2.14. The van der Waals surface area contributed by atoms with Crippen molar-refractivity contribution in [2.45, 2.75) is 57.5 Å². The maximum absolute atomic E-state index is 5.99. The Hall–Kier alpha value is -0.300. The second kappa shape index (κ2) is 3.83. The number of rotatable bonds is 0. The molecule has 2 rings (SSSR count). The van der Waals surface area contributed by atoms with Gasteiger partial charge < -0.3 is 4.74 Å². The second-order valence-corrected chi connectivity index (χ2v) is 4.60. The van der Waals surface area contributed by atoms with E-state index in [-0.39, 0.29) is 5.60 Å². The Labute approximate surface area is 81.2 Å². The van der Waals surface area contributed by atoms with Crippen LogP contribution in [0.2, 0.25) is 0 Å². The monoisotopic (exact) mass is 180 g/mol. The summed E-state index contributed by atoms with van der Waals surface area (Å²) >= 11 is 0. The molecule has 0 radical (unpaired) electrons. The van der Waals surface area contributed by atoms with Crippen molar-refractivity contribution in [3.8, 4) is 0 Å². The molecule has 1 spiro atoms. The zero-order chi connectivity index (χ0) is 9.15.